The molecule has 0 aliphatic rings. The van der Waals surface area contributed by atoms with Crippen LogP contribution >= 0.6 is 7.92 Å². The van der Waals surface area contributed by atoms with Crippen LogP contribution in [0.2, 0.25) is 0 Å². The molecule has 0 aliphatic heterocycles. The molecule has 0 N–H and O–H groups in total. The van der Waals surface area contributed by atoms with Gasteiger partial charge in [0.15, 0.2) is 6.29 Å². The molecule has 4 nitrogen and oxygen atoms in total. The monoisotopic (exact) mass is 426 g/mol. The Labute approximate surface area is 176 Å². The molecule has 3 aromatic carbocycles. The molecule has 3 aromatic rings. The number of benzene rings is 3. The van der Waals surface area contributed by atoms with E-state index in [4.69, 9.17) is 14.0 Å². The molecule has 0 spiro atoms. The molecule has 28 heavy (non-hydrogen) atoms. The van der Waals surface area contributed by atoms with Crippen LogP contribution in [0.4, 0.5) is 0 Å². The third kappa shape index (κ3) is 8.03. The molecule has 0 aromatic heterocycles. The first kappa shape index (κ1) is 27.7. The number of carbonyl (C=O) groups is 1. The summed E-state index contributed by atoms with van der Waals surface area (Å²) >= 11 is 0. The largest absolute Gasteiger partial charge is 0 e. The summed E-state index contributed by atoms with van der Waals surface area (Å²) in [5.74, 6) is 0. The van der Waals surface area contributed by atoms with Gasteiger partial charge in [0.1, 0.15) is 0 Å². The van der Waals surface area contributed by atoms with Gasteiger partial charge in [-0.1, -0.05) is 84.9 Å². The Balaban J connectivity index is 0. The van der Waals surface area contributed by atoms with Gasteiger partial charge in [0.25, 0.3) is 0 Å². The Hall–Kier alpha value is -2.49. The standard InChI is InChI=1S/C19H15OP.3CO.Cr/c20-15-16-9-7-8-14-19(16)21(17-10-3-1-4-11-17)18-12-5-2-6-13-18;3*1-2;/h1-15H;;;;. The number of carbonyl (C=O) groups excluding carboxylic acids is 1. The van der Waals surface area contributed by atoms with Gasteiger partial charge in [-0.3, -0.25) is 4.79 Å². The number of rotatable bonds is 4. The van der Waals surface area contributed by atoms with Crippen LogP contribution < -0.4 is 15.9 Å². The topological polar surface area (TPSA) is 76.8 Å². The molecule has 0 saturated heterocycles. The van der Waals surface area contributed by atoms with Crippen LogP contribution in [-0.4, -0.2) is 6.29 Å². The van der Waals surface area contributed by atoms with E-state index in [0.717, 1.165) is 17.2 Å². The Morgan fingerprint density at radius 1 is 0.607 bits per heavy atom. The first-order chi connectivity index (χ1) is 13.4. The quantitative estimate of drug-likeness (QED) is 0.273. The summed E-state index contributed by atoms with van der Waals surface area (Å²) in [7, 11) is -0.704. The van der Waals surface area contributed by atoms with E-state index < -0.39 is 7.92 Å². The van der Waals surface area contributed by atoms with Crippen molar-refractivity contribution in [2.45, 2.75) is 0 Å². The second-order valence-electron chi connectivity index (χ2n) is 4.68. The Morgan fingerprint density at radius 2 is 0.964 bits per heavy atom. The van der Waals surface area contributed by atoms with Crippen LogP contribution in [0.5, 0.6) is 0 Å². The fraction of sp³-hybridized carbons (Fsp3) is 0. The summed E-state index contributed by atoms with van der Waals surface area (Å²) in [4.78, 5) is 11.4. The third-order valence-corrected chi connectivity index (χ3v) is 5.85. The summed E-state index contributed by atoms with van der Waals surface area (Å²) in [6.07, 6.45) is 0.955. The Bertz CT molecular complexity index is 808. The van der Waals surface area contributed by atoms with Gasteiger partial charge in [-0.05, 0) is 23.8 Å². The minimum absolute atomic E-state index is 0. The van der Waals surface area contributed by atoms with E-state index in [0.29, 0.717) is 0 Å². The molecular formula is C22H15CrO4P. The SMILES string of the molecule is O=Cc1ccccc1P(c1ccccc1)c1ccccc1.[C-]#[O+].[C-]#[O+].[C-]#[O+].[Cr]. The first-order valence-corrected chi connectivity index (χ1v) is 8.80. The molecule has 0 saturated carbocycles. The molecule has 0 bridgehead atoms. The predicted octanol–water partition coefficient (Wildman–Crippen LogP) is 3.14. The van der Waals surface area contributed by atoms with Crippen LogP contribution in [-0.2, 0) is 31.3 Å². The molecule has 138 valence electrons. The fourth-order valence-electron chi connectivity index (χ4n) is 2.37. The Kier molecular flexibility index (Phi) is 17.7. The van der Waals surface area contributed by atoms with E-state index in [1.165, 1.54) is 10.6 Å². The maximum Gasteiger partial charge on any atom is 0 e. The summed E-state index contributed by atoms with van der Waals surface area (Å²) in [5, 5.41) is 3.63. The normalized spacial score (nSPS) is 8.11. The van der Waals surface area contributed by atoms with Crippen molar-refractivity contribution in [2.75, 3.05) is 0 Å². The molecule has 0 amide bonds. The van der Waals surface area contributed by atoms with Crippen molar-refractivity contribution in [3.63, 3.8) is 0 Å². The molecular weight excluding hydrogens is 411 g/mol. The first-order valence-electron chi connectivity index (χ1n) is 7.46. The van der Waals surface area contributed by atoms with E-state index in [1.807, 2.05) is 30.3 Å². The van der Waals surface area contributed by atoms with Crippen LogP contribution in [0.1, 0.15) is 10.4 Å². The maximum absolute atomic E-state index is 11.4. The minimum atomic E-state index is -0.704. The summed E-state index contributed by atoms with van der Waals surface area (Å²) < 4.78 is 22.5. The Morgan fingerprint density at radius 3 is 1.36 bits per heavy atom. The van der Waals surface area contributed by atoms with Gasteiger partial charge in [0, 0.05) is 22.9 Å². The van der Waals surface area contributed by atoms with Crippen molar-refractivity contribution in [1.29, 1.82) is 0 Å². The van der Waals surface area contributed by atoms with Crippen molar-refractivity contribution in [2.24, 2.45) is 0 Å². The van der Waals surface area contributed by atoms with Crippen LogP contribution in [0.15, 0.2) is 84.9 Å². The second kappa shape index (κ2) is 17.9. The average molecular weight is 426 g/mol. The zero-order valence-electron chi connectivity index (χ0n) is 14.6. The van der Waals surface area contributed by atoms with Crippen LogP contribution in [0.25, 0.3) is 0 Å². The molecule has 6 heteroatoms. The summed E-state index contributed by atoms with van der Waals surface area (Å²) in [6, 6.07) is 28.7. The summed E-state index contributed by atoms with van der Waals surface area (Å²) in [5.41, 5.74) is 0.774. The van der Waals surface area contributed by atoms with Gasteiger partial charge < -0.3 is 0 Å². The van der Waals surface area contributed by atoms with Gasteiger partial charge in [-0.15, -0.1) is 0 Å². The van der Waals surface area contributed by atoms with Crippen LogP contribution in [0.3, 0.4) is 0 Å². The molecule has 0 aliphatic carbocycles. The van der Waals surface area contributed by atoms with Gasteiger partial charge in [0.2, 0.25) is 0 Å². The van der Waals surface area contributed by atoms with Crippen molar-refractivity contribution in [3.05, 3.63) is 110 Å². The average Bonchev–Trinajstić information content (AvgIpc) is 2.80. The fourth-order valence-corrected chi connectivity index (χ4v) is 4.79. The van der Waals surface area contributed by atoms with Crippen molar-refractivity contribution in [1.82, 2.24) is 0 Å². The maximum atomic E-state index is 11.4. The third-order valence-electron chi connectivity index (χ3n) is 3.33. The molecule has 0 heterocycles. The van der Waals surface area contributed by atoms with E-state index in [-0.39, 0.29) is 17.4 Å². The van der Waals surface area contributed by atoms with E-state index >= 15 is 0 Å². The second-order valence-corrected chi connectivity index (χ2v) is 6.87. The van der Waals surface area contributed by atoms with E-state index in [2.05, 4.69) is 74.5 Å². The van der Waals surface area contributed by atoms with Gasteiger partial charge in [-0.25, -0.2) is 0 Å². The number of hydrogen-bond donors (Lipinski definition) is 0. The van der Waals surface area contributed by atoms with Crippen molar-refractivity contribution in [3.8, 4) is 0 Å². The number of hydrogen-bond acceptors (Lipinski definition) is 1. The predicted molar refractivity (Wildman–Crippen MR) is 102 cm³/mol. The molecule has 0 fully saturated rings. The van der Waals surface area contributed by atoms with Gasteiger partial charge >= 0.3 is 33.9 Å². The van der Waals surface area contributed by atoms with E-state index in [1.54, 1.807) is 0 Å². The smallest absolute Gasteiger partial charge is 0 e. The molecule has 0 atom stereocenters. The van der Waals surface area contributed by atoms with E-state index in [9.17, 15) is 4.79 Å². The minimum Gasteiger partial charge on any atom is 0 e. The number of aldehydes is 1. The zero-order chi connectivity index (χ0) is 20.5. The molecule has 0 radical (unpaired) electrons. The molecule has 3 rings (SSSR count). The summed E-state index contributed by atoms with van der Waals surface area (Å²) in [6.45, 7) is 13.5. The van der Waals surface area contributed by atoms with Crippen molar-refractivity contribution >= 4 is 30.1 Å². The van der Waals surface area contributed by atoms with Crippen molar-refractivity contribution < 1.29 is 36.1 Å². The molecule has 0 unspecified atom stereocenters. The van der Waals surface area contributed by atoms with Gasteiger partial charge in [-0.2, -0.15) is 0 Å². The van der Waals surface area contributed by atoms with Crippen LogP contribution in [0, 0.1) is 20.0 Å². The van der Waals surface area contributed by atoms with Gasteiger partial charge in [0.05, 0.1) is 0 Å². The zero-order valence-corrected chi connectivity index (χ0v) is 16.8.